The molecule has 0 spiro atoms. The molecule has 0 aromatic carbocycles. The third-order valence-electron chi connectivity index (χ3n) is 2.56. The molecule has 0 N–H and O–H groups in total. The predicted molar refractivity (Wildman–Crippen MR) is 68.8 cm³/mol. The minimum Gasteiger partial charge on any atom is -0.381 e. The molecule has 1 nitrogen and oxygen atoms in total. The first-order valence-electron chi connectivity index (χ1n) is 6.55. The van der Waals surface area contributed by atoms with Gasteiger partial charge in [0, 0.05) is 19.1 Å². The number of rotatable bonds is 12. The van der Waals surface area contributed by atoms with E-state index in [0.717, 1.165) is 25.5 Å². The summed E-state index contributed by atoms with van der Waals surface area (Å²) in [5, 5.41) is 0. The lowest BCUT2D eigenvalue weighted by Gasteiger charge is -2.03. The lowest BCUT2D eigenvalue weighted by molar-refractivity contribution is 0.131. The molecule has 0 atom stereocenters. The van der Waals surface area contributed by atoms with E-state index in [9.17, 15) is 0 Å². The normalized spacial score (nSPS) is 10.8. The van der Waals surface area contributed by atoms with Crippen LogP contribution < -0.4 is 0 Å². The molecule has 0 fully saturated rings. The molecule has 92 valence electrons. The Morgan fingerprint density at radius 3 is 1.87 bits per heavy atom. The average molecular weight is 235 g/mol. The van der Waals surface area contributed by atoms with E-state index in [4.69, 9.17) is 16.3 Å². The van der Waals surface area contributed by atoms with E-state index in [0.29, 0.717) is 0 Å². The molecule has 0 saturated heterocycles. The fourth-order valence-electron chi connectivity index (χ4n) is 1.60. The van der Waals surface area contributed by atoms with Crippen molar-refractivity contribution in [3.05, 3.63) is 0 Å². The predicted octanol–water partition coefficient (Wildman–Crippen LogP) is 4.77. The van der Waals surface area contributed by atoms with Gasteiger partial charge in [0.15, 0.2) is 0 Å². The third kappa shape index (κ3) is 14.2. The molecule has 0 unspecified atom stereocenters. The zero-order valence-electron chi connectivity index (χ0n) is 10.3. The summed E-state index contributed by atoms with van der Waals surface area (Å²) in [4.78, 5) is 0. The van der Waals surface area contributed by atoms with Crippen LogP contribution in [0.4, 0.5) is 0 Å². The van der Waals surface area contributed by atoms with Gasteiger partial charge in [-0.05, 0) is 12.8 Å². The summed E-state index contributed by atoms with van der Waals surface area (Å²) >= 11 is 5.54. The van der Waals surface area contributed by atoms with Gasteiger partial charge in [0.05, 0.1) is 0 Å². The van der Waals surface area contributed by atoms with E-state index in [1.54, 1.807) is 0 Å². The van der Waals surface area contributed by atoms with Crippen LogP contribution in [0.3, 0.4) is 0 Å². The largest absolute Gasteiger partial charge is 0.381 e. The highest BCUT2D eigenvalue weighted by atomic mass is 35.5. The minimum absolute atomic E-state index is 0.720. The highest BCUT2D eigenvalue weighted by Crippen LogP contribution is 2.08. The quantitative estimate of drug-likeness (QED) is 0.349. The van der Waals surface area contributed by atoms with E-state index in [1.165, 1.54) is 51.4 Å². The molecule has 0 aliphatic rings. The van der Waals surface area contributed by atoms with Crippen molar-refractivity contribution in [1.29, 1.82) is 0 Å². The van der Waals surface area contributed by atoms with Crippen LogP contribution in [0.5, 0.6) is 0 Å². The summed E-state index contributed by atoms with van der Waals surface area (Å²) in [5.74, 6) is 0.720. The molecular weight excluding hydrogens is 208 g/mol. The van der Waals surface area contributed by atoms with Crippen molar-refractivity contribution in [2.75, 3.05) is 19.1 Å². The smallest absolute Gasteiger partial charge is 0.0477 e. The number of hydrogen-bond donors (Lipinski definition) is 0. The van der Waals surface area contributed by atoms with E-state index in [1.807, 2.05) is 0 Å². The van der Waals surface area contributed by atoms with Crippen molar-refractivity contribution >= 4 is 11.6 Å². The van der Waals surface area contributed by atoms with Gasteiger partial charge >= 0.3 is 0 Å². The summed E-state index contributed by atoms with van der Waals surface area (Å²) in [6, 6.07) is 0. The second kappa shape index (κ2) is 14.2. The molecule has 0 rings (SSSR count). The van der Waals surface area contributed by atoms with Gasteiger partial charge in [-0.3, -0.25) is 0 Å². The Bertz CT molecular complexity index is 94.7. The highest BCUT2D eigenvalue weighted by molar-refractivity contribution is 6.17. The van der Waals surface area contributed by atoms with Gasteiger partial charge < -0.3 is 4.74 Å². The zero-order valence-corrected chi connectivity index (χ0v) is 11.0. The zero-order chi connectivity index (χ0) is 11.2. The van der Waals surface area contributed by atoms with Gasteiger partial charge in [0.25, 0.3) is 0 Å². The molecule has 0 saturated carbocycles. The van der Waals surface area contributed by atoms with Crippen LogP contribution in [0.25, 0.3) is 0 Å². The van der Waals surface area contributed by atoms with Gasteiger partial charge in [-0.15, -0.1) is 11.6 Å². The van der Waals surface area contributed by atoms with Crippen molar-refractivity contribution < 1.29 is 4.74 Å². The van der Waals surface area contributed by atoms with Crippen LogP contribution in [-0.2, 0) is 4.74 Å². The van der Waals surface area contributed by atoms with Gasteiger partial charge in [0.1, 0.15) is 0 Å². The van der Waals surface area contributed by atoms with Crippen LogP contribution in [-0.4, -0.2) is 19.1 Å². The second-order valence-corrected chi connectivity index (χ2v) is 4.51. The lowest BCUT2D eigenvalue weighted by Crippen LogP contribution is -1.97. The SMILES string of the molecule is CCCCCCCCCCOCCCCl. The molecule has 0 amide bonds. The van der Waals surface area contributed by atoms with E-state index >= 15 is 0 Å². The van der Waals surface area contributed by atoms with Crippen molar-refractivity contribution in [1.82, 2.24) is 0 Å². The maximum atomic E-state index is 5.54. The van der Waals surface area contributed by atoms with Gasteiger partial charge in [-0.1, -0.05) is 51.9 Å². The molecule has 15 heavy (non-hydrogen) atoms. The van der Waals surface area contributed by atoms with Crippen LogP contribution in [0.15, 0.2) is 0 Å². The number of halogens is 1. The maximum absolute atomic E-state index is 5.54. The summed E-state index contributed by atoms with van der Waals surface area (Å²) in [5.41, 5.74) is 0. The van der Waals surface area contributed by atoms with E-state index in [-0.39, 0.29) is 0 Å². The van der Waals surface area contributed by atoms with Gasteiger partial charge in [-0.2, -0.15) is 0 Å². The Labute approximate surface area is 101 Å². The molecule has 0 bridgehead atoms. The first-order chi connectivity index (χ1) is 7.41. The first-order valence-corrected chi connectivity index (χ1v) is 7.09. The molecule has 0 aliphatic carbocycles. The number of ether oxygens (including phenoxy) is 1. The van der Waals surface area contributed by atoms with Gasteiger partial charge in [0.2, 0.25) is 0 Å². The number of hydrogen-bond acceptors (Lipinski definition) is 1. The Morgan fingerprint density at radius 2 is 1.27 bits per heavy atom. The Balaban J connectivity index is 2.81. The van der Waals surface area contributed by atoms with E-state index < -0.39 is 0 Å². The highest BCUT2D eigenvalue weighted by Gasteiger charge is 1.92. The van der Waals surface area contributed by atoms with Crippen molar-refractivity contribution in [3.8, 4) is 0 Å². The summed E-state index contributed by atoms with van der Waals surface area (Å²) in [6.07, 6.45) is 11.9. The van der Waals surface area contributed by atoms with E-state index in [2.05, 4.69) is 6.92 Å². The molecular formula is C13H27ClO. The van der Waals surface area contributed by atoms with Crippen molar-refractivity contribution in [3.63, 3.8) is 0 Å². The second-order valence-electron chi connectivity index (χ2n) is 4.13. The molecule has 0 aliphatic heterocycles. The monoisotopic (exact) mass is 234 g/mol. The maximum Gasteiger partial charge on any atom is 0.0477 e. The van der Waals surface area contributed by atoms with Crippen LogP contribution >= 0.6 is 11.6 Å². The third-order valence-corrected chi connectivity index (χ3v) is 2.83. The minimum atomic E-state index is 0.720. The van der Waals surface area contributed by atoms with Crippen molar-refractivity contribution in [2.45, 2.75) is 64.7 Å². The summed E-state index contributed by atoms with van der Waals surface area (Å²) in [6.45, 7) is 4.02. The Hall–Kier alpha value is 0.250. The number of alkyl halides is 1. The molecule has 0 aromatic heterocycles. The fourth-order valence-corrected chi connectivity index (χ4v) is 1.71. The van der Waals surface area contributed by atoms with Crippen molar-refractivity contribution in [2.24, 2.45) is 0 Å². The van der Waals surface area contributed by atoms with Crippen LogP contribution in [0.1, 0.15) is 64.7 Å². The summed E-state index contributed by atoms with van der Waals surface area (Å²) < 4.78 is 5.43. The first kappa shape index (κ1) is 15.2. The van der Waals surface area contributed by atoms with Gasteiger partial charge in [-0.25, -0.2) is 0 Å². The number of unbranched alkanes of at least 4 members (excludes halogenated alkanes) is 7. The van der Waals surface area contributed by atoms with Crippen LogP contribution in [0, 0.1) is 0 Å². The average Bonchev–Trinajstić information content (AvgIpc) is 2.26. The standard InChI is InChI=1S/C13H27ClO/c1-2-3-4-5-6-7-8-9-12-15-13-10-11-14/h2-13H2,1H3. The molecule has 2 heteroatoms. The Morgan fingerprint density at radius 1 is 0.733 bits per heavy atom. The molecule has 0 heterocycles. The summed E-state index contributed by atoms with van der Waals surface area (Å²) in [7, 11) is 0. The van der Waals surface area contributed by atoms with Crippen LogP contribution in [0.2, 0.25) is 0 Å². The molecule has 0 aromatic rings. The topological polar surface area (TPSA) is 9.23 Å². The molecule has 0 radical (unpaired) electrons. The Kier molecular flexibility index (Phi) is 14.5. The fraction of sp³-hybridized carbons (Fsp3) is 1.00. The lowest BCUT2D eigenvalue weighted by atomic mass is 10.1.